The molecule has 0 saturated carbocycles. The standard InChI is InChI=1S/C14H29N3O3/c1-14(2,3)20-13(19)16-9-11-5-6-12(10-15-11)17(4)7-8-18/h11-12,15,18H,5-10H2,1-4H3,(H,16,19). The van der Waals surface area contributed by atoms with E-state index in [1.807, 2.05) is 27.8 Å². The van der Waals surface area contributed by atoms with E-state index >= 15 is 0 Å². The third-order valence-corrected chi connectivity index (χ3v) is 3.46. The van der Waals surface area contributed by atoms with Gasteiger partial charge in [0.15, 0.2) is 0 Å². The number of piperidine rings is 1. The SMILES string of the molecule is CN(CCO)C1CCC(CNC(=O)OC(C)(C)C)NC1. The van der Waals surface area contributed by atoms with Crippen LogP contribution < -0.4 is 10.6 Å². The summed E-state index contributed by atoms with van der Waals surface area (Å²) in [7, 11) is 2.03. The van der Waals surface area contributed by atoms with Crippen LogP contribution in [0, 0.1) is 0 Å². The van der Waals surface area contributed by atoms with Crippen molar-refractivity contribution in [1.29, 1.82) is 0 Å². The Labute approximate surface area is 121 Å². The van der Waals surface area contributed by atoms with Gasteiger partial charge in [0, 0.05) is 31.7 Å². The first-order valence-corrected chi connectivity index (χ1v) is 7.33. The molecule has 0 aromatic heterocycles. The Kier molecular flexibility index (Phi) is 6.71. The summed E-state index contributed by atoms with van der Waals surface area (Å²) in [5.74, 6) is 0. The number of carbonyl (C=O) groups excluding carboxylic acids is 1. The molecule has 6 heteroatoms. The predicted molar refractivity (Wildman–Crippen MR) is 78.8 cm³/mol. The van der Waals surface area contributed by atoms with Crippen LogP contribution in [0.3, 0.4) is 0 Å². The summed E-state index contributed by atoms with van der Waals surface area (Å²) in [5.41, 5.74) is -0.456. The van der Waals surface area contributed by atoms with Crippen LogP contribution in [0.15, 0.2) is 0 Å². The zero-order valence-corrected chi connectivity index (χ0v) is 13.1. The first-order chi connectivity index (χ1) is 9.31. The fourth-order valence-electron chi connectivity index (χ4n) is 2.31. The van der Waals surface area contributed by atoms with Gasteiger partial charge in [-0.15, -0.1) is 0 Å². The van der Waals surface area contributed by atoms with E-state index in [0.29, 0.717) is 25.2 Å². The number of aliphatic hydroxyl groups excluding tert-OH is 1. The van der Waals surface area contributed by atoms with Crippen molar-refractivity contribution >= 4 is 6.09 Å². The van der Waals surface area contributed by atoms with Gasteiger partial charge >= 0.3 is 6.09 Å². The molecule has 0 spiro atoms. The molecule has 1 fully saturated rings. The molecular weight excluding hydrogens is 258 g/mol. The number of rotatable bonds is 5. The first kappa shape index (κ1) is 17.2. The van der Waals surface area contributed by atoms with E-state index in [1.54, 1.807) is 0 Å². The summed E-state index contributed by atoms with van der Waals surface area (Å²) >= 11 is 0. The second kappa shape index (κ2) is 7.81. The van der Waals surface area contributed by atoms with E-state index in [-0.39, 0.29) is 12.7 Å². The normalized spacial score (nSPS) is 23.7. The number of alkyl carbamates (subject to hydrolysis) is 1. The Balaban J connectivity index is 2.21. The van der Waals surface area contributed by atoms with Crippen molar-refractivity contribution in [1.82, 2.24) is 15.5 Å². The molecular formula is C14H29N3O3. The van der Waals surface area contributed by atoms with Gasteiger partial charge in [0.05, 0.1) is 6.61 Å². The Bertz CT molecular complexity index is 297. The van der Waals surface area contributed by atoms with E-state index in [1.165, 1.54) is 0 Å². The third-order valence-electron chi connectivity index (χ3n) is 3.46. The minimum atomic E-state index is -0.456. The lowest BCUT2D eigenvalue weighted by Gasteiger charge is -2.35. The molecule has 0 bridgehead atoms. The quantitative estimate of drug-likeness (QED) is 0.689. The maximum absolute atomic E-state index is 11.6. The number of nitrogens with one attached hydrogen (secondary N) is 2. The number of carbonyl (C=O) groups is 1. The summed E-state index contributed by atoms with van der Waals surface area (Å²) in [6.45, 7) is 7.93. The molecule has 1 amide bonds. The van der Waals surface area contributed by atoms with Gasteiger partial charge in [-0.3, -0.25) is 4.90 Å². The monoisotopic (exact) mass is 287 g/mol. The molecule has 1 saturated heterocycles. The summed E-state index contributed by atoms with van der Waals surface area (Å²) in [6, 6.07) is 0.751. The van der Waals surface area contributed by atoms with Gasteiger partial charge in [-0.25, -0.2) is 4.79 Å². The highest BCUT2D eigenvalue weighted by atomic mass is 16.6. The van der Waals surface area contributed by atoms with E-state index in [4.69, 9.17) is 9.84 Å². The lowest BCUT2D eigenvalue weighted by molar-refractivity contribution is 0.0517. The van der Waals surface area contributed by atoms with Gasteiger partial charge in [-0.05, 0) is 40.7 Å². The van der Waals surface area contributed by atoms with Crippen molar-refractivity contribution < 1.29 is 14.6 Å². The minimum Gasteiger partial charge on any atom is -0.444 e. The van der Waals surface area contributed by atoms with Crippen LogP contribution in [0.2, 0.25) is 0 Å². The molecule has 118 valence electrons. The van der Waals surface area contributed by atoms with Crippen molar-refractivity contribution in [2.24, 2.45) is 0 Å². The van der Waals surface area contributed by atoms with Gasteiger partial charge in [-0.1, -0.05) is 0 Å². The molecule has 1 heterocycles. The predicted octanol–water partition coefficient (Wildman–Crippen LogP) is 0.556. The van der Waals surface area contributed by atoms with Gasteiger partial charge in [0.25, 0.3) is 0 Å². The van der Waals surface area contributed by atoms with E-state index < -0.39 is 5.60 Å². The van der Waals surface area contributed by atoms with Gasteiger partial charge in [0.1, 0.15) is 5.60 Å². The highest BCUT2D eigenvalue weighted by Gasteiger charge is 2.24. The van der Waals surface area contributed by atoms with Crippen molar-refractivity contribution in [3.63, 3.8) is 0 Å². The average molecular weight is 287 g/mol. The highest BCUT2D eigenvalue weighted by molar-refractivity contribution is 5.67. The Hall–Kier alpha value is -0.850. The van der Waals surface area contributed by atoms with Crippen LogP contribution >= 0.6 is 0 Å². The zero-order valence-electron chi connectivity index (χ0n) is 13.1. The topological polar surface area (TPSA) is 73.8 Å². The van der Waals surface area contributed by atoms with Crippen molar-refractivity contribution in [3.05, 3.63) is 0 Å². The fraction of sp³-hybridized carbons (Fsp3) is 0.929. The summed E-state index contributed by atoms with van der Waals surface area (Å²) in [4.78, 5) is 13.7. The summed E-state index contributed by atoms with van der Waals surface area (Å²) < 4.78 is 5.21. The largest absolute Gasteiger partial charge is 0.444 e. The van der Waals surface area contributed by atoms with Crippen LogP contribution in [0.25, 0.3) is 0 Å². The van der Waals surface area contributed by atoms with Gasteiger partial charge in [-0.2, -0.15) is 0 Å². The zero-order chi connectivity index (χ0) is 15.2. The molecule has 1 aliphatic heterocycles. The molecule has 6 nitrogen and oxygen atoms in total. The molecule has 1 aliphatic rings. The molecule has 0 aliphatic carbocycles. The number of hydrogen-bond acceptors (Lipinski definition) is 5. The molecule has 1 rings (SSSR count). The Morgan fingerprint density at radius 3 is 2.65 bits per heavy atom. The van der Waals surface area contributed by atoms with Gasteiger partial charge in [0.2, 0.25) is 0 Å². The van der Waals surface area contributed by atoms with Crippen LogP contribution in [-0.4, -0.2) is 67.1 Å². The number of nitrogens with zero attached hydrogens (tertiary/aromatic N) is 1. The number of amides is 1. The lowest BCUT2D eigenvalue weighted by atomic mass is 10.00. The number of aliphatic hydroxyl groups is 1. The first-order valence-electron chi connectivity index (χ1n) is 7.33. The second-order valence-corrected chi connectivity index (χ2v) is 6.42. The van der Waals surface area contributed by atoms with Crippen LogP contribution in [-0.2, 0) is 4.74 Å². The van der Waals surface area contributed by atoms with E-state index in [0.717, 1.165) is 19.4 Å². The van der Waals surface area contributed by atoms with Crippen LogP contribution in [0.5, 0.6) is 0 Å². The highest BCUT2D eigenvalue weighted by Crippen LogP contribution is 2.12. The number of hydrogen-bond donors (Lipinski definition) is 3. The molecule has 2 unspecified atom stereocenters. The maximum Gasteiger partial charge on any atom is 0.407 e. The van der Waals surface area contributed by atoms with Crippen LogP contribution in [0.1, 0.15) is 33.6 Å². The lowest BCUT2D eigenvalue weighted by Crippen LogP contribution is -2.52. The molecule has 20 heavy (non-hydrogen) atoms. The van der Waals surface area contributed by atoms with Crippen molar-refractivity contribution in [3.8, 4) is 0 Å². The smallest absolute Gasteiger partial charge is 0.407 e. The summed E-state index contributed by atoms with van der Waals surface area (Å²) in [5, 5.41) is 15.2. The summed E-state index contributed by atoms with van der Waals surface area (Å²) in [6.07, 6.45) is 1.72. The molecule has 0 radical (unpaired) electrons. The Morgan fingerprint density at radius 2 is 2.15 bits per heavy atom. The van der Waals surface area contributed by atoms with Crippen molar-refractivity contribution in [2.45, 2.75) is 51.3 Å². The fourth-order valence-corrected chi connectivity index (χ4v) is 2.31. The minimum absolute atomic E-state index is 0.191. The second-order valence-electron chi connectivity index (χ2n) is 6.42. The average Bonchev–Trinajstić information content (AvgIpc) is 2.35. The molecule has 0 aromatic rings. The van der Waals surface area contributed by atoms with E-state index in [2.05, 4.69) is 15.5 Å². The maximum atomic E-state index is 11.6. The molecule has 0 aromatic carbocycles. The van der Waals surface area contributed by atoms with Gasteiger partial charge < -0.3 is 20.5 Å². The molecule has 2 atom stereocenters. The molecule has 3 N–H and O–H groups in total. The Morgan fingerprint density at radius 1 is 1.45 bits per heavy atom. The van der Waals surface area contributed by atoms with Crippen molar-refractivity contribution in [2.75, 3.05) is 33.3 Å². The van der Waals surface area contributed by atoms with E-state index in [9.17, 15) is 4.79 Å². The van der Waals surface area contributed by atoms with Crippen LogP contribution in [0.4, 0.5) is 4.79 Å². The number of ether oxygens (including phenoxy) is 1. The number of likely N-dealkylation sites (N-methyl/N-ethyl adjacent to an activating group) is 1. The third kappa shape index (κ3) is 6.54.